The Morgan fingerprint density at radius 3 is 2.00 bits per heavy atom. The summed E-state index contributed by atoms with van der Waals surface area (Å²) < 4.78 is 10.7. The van der Waals surface area contributed by atoms with Crippen LogP contribution in [0, 0.1) is 0 Å². The number of methoxy groups -OCH3 is 2. The smallest absolute Gasteiger partial charge is 0.335 e. The van der Waals surface area contributed by atoms with Crippen LogP contribution in [0.1, 0.15) is 39.3 Å². The van der Waals surface area contributed by atoms with Crippen molar-refractivity contribution in [1.29, 1.82) is 0 Å². The third-order valence-electron chi connectivity index (χ3n) is 3.91. The molecule has 0 saturated carbocycles. The van der Waals surface area contributed by atoms with E-state index < -0.39 is 5.97 Å². The van der Waals surface area contributed by atoms with Gasteiger partial charge in [-0.3, -0.25) is 4.79 Å². The zero-order chi connectivity index (χ0) is 18.4. The molecule has 0 aliphatic heterocycles. The molecular formula is C19H21NO5. The zero-order valence-electron chi connectivity index (χ0n) is 14.4. The third kappa shape index (κ3) is 4.58. The highest BCUT2D eigenvalue weighted by Crippen LogP contribution is 2.23. The van der Waals surface area contributed by atoms with Gasteiger partial charge >= 0.3 is 5.97 Å². The average molecular weight is 343 g/mol. The second-order valence-corrected chi connectivity index (χ2v) is 5.57. The normalized spacial score (nSPS) is 12.9. The van der Waals surface area contributed by atoms with Gasteiger partial charge in [0.25, 0.3) is 5.91 Å². The lowest BCUT2D eigenvalue weighted by molar-refractivity contribution is 0.0643. The minimum absolute atomic E-state index is 0.137. The fourth-order valence-electron chi connectivity index (χ4n) is 2.55. The van der Waals surface area contributed by atoms with Gasteiger partial charge in [-0.25, -0.2) is 4.79 Å². The highest BCUT2D eigenvalue weighted by Gasteiger charge is 2.21. The molecule has 2 atom stereocenters. The van der Waals surface area contributed by atoms with E-state index >= 15 is 0 Å². The van der Waals surface area contributed by atoms with Crippen molar-refractivity contribution < 1.29 is 24.2 Å². The van der Waals surface area contributed by atoms with Crippen LogP contribution < -0.4 is 10.1 Å². The number of carboxylic acid groups (broad SMARTS) is 1. The molecule has 6 heteroatoms. The zero-order valence-corrected chi connectivity index (χ0v) is 14.4. The maximum absolute atomic E-state index is 12.4. The van der Waals surface area contributed by atoms with E-state index in [2.05, 4.69) is 5.32 Å². The molecule has 0 aliphatic carbocycles. The first-order valence-corrected chi connectivity index (χ1v) is 7.77. The van der Waals surface area contributed by atoms with Crippen molar-refractivity contribution in [3.05, 3.63) is 65.2 Å². The minimum Gasteiger partial charge on any atom is -0.497 e. The number of hydrogen-bond acceptors (Lipinski definition) is 4. The predicted octanol–water partition coefficient (Wildman–Crippen LogP) is 2.90. The SMILES string of the molecule is COc1ccc(C(OC)C(C)NC(=O)c2ccc(C(=O)O)cc2)cc1. The molecule has 2 rings (SSSR count). The Balaban J connectivity index is 2.08. The van der Waals surface area contributed by atoms with Gasteiger partial charge in [0.15, 0.2) is 0 Å². The topological polar surface area (TPSA) is 84.9 Å². The van der Waals surface area contributed by atoms with E-state index in [9.17, 15) is 9.59 Å². The van der Waals surface area contributed by atoms with Crippen LogP contribution in [0.4, 0.5) is 0 Å². The molecule has 2 aromatic rings. The summed E-state index contributed by atoms with van der Waals surface area (Å²) in [6.07, 6.45) is -0.326. The van der Waals surface area contributed by atoms with Crippen molar-refractivity contribution >= 4 is 11.9 Å². The largest absolute Gasteiger partial charge is 0.497 e. The van der Waals surface area contributed by atoms with E-state index in [0.717, 1.165) is 11.3 Å². The van der Waals surface area contributed by atoms with Crippen LogP contribution in [0.2, 0.25) is 0 Å². The first-order valence-electron chi connectivity index (χ1n) is 7.77. The first kappa shape index (κ1) is 18.5. The number of amides is 1. The van der Waals surface area contributed by atoms with Crippen molar-refractivity contribution in [3.63, 3.8) is 0 Å². The summed E-state index contributed by atoms with van der Waals surface area (Å²) >= 11 is 0. The number of carbonyl (C=O) groups excluding carboxylic acids is 1. The quantitative estimate of drug-likeness (QED) is 0.807. The number of ether oxygens (including phenoxy) is 2. The van der Waals surface area contributed by atoms with Crippen molar-refractivity contribution in [2.45, 2.75) is 19.1 Å². The molecule has 6 nitrogen and oxygen atoms in total. The Morgan fingerprint density at radius 1 is 0.960 bits per heavy atom. The molecule has 0 radical (unpaired) electrons. The number of rotatable bonds is 7. The van der Waals surface area contributed by atoms with Gasteiger partial charge in [0.05, 0.1) is 18.7 Å². The van der Waals surface area contributed by atoms with Crippen LogP contribution in [0.25, 0.3) is 0 Å². The molecule has 0 heterocycles. The molecule has 1 amide bonds. The number of hydrogen-bond donors (Lipinski definition) is 2. The van der Waals surface area contributed by atoms with Crippen LogP contribution in [-0.4, -0.2) is 37.2 Å². The van der Waals surface area contributed by atoms with Gasteiger partial charge < -0.3 is 19.9 Å². The Labute approximate surface area is 146 Å². The first-order chi connectivity index (χ1) is 12.0. The fraction of sp³-hybridized carbons (Fsp3) is 0.263. The molecule has 0 aliphatic rings. The monoisotopic (exact) mass is 343 g/mol. The number of benzene rings is 2. The Hall–Kier alpha value is -2.86. The molecule has 2 unspecified atom stereocenters. The Morgan fingerprint density at radius 2 is 1.52 bits per heavy atom. The van der Waals surface area contributed by atoms with Crippen molar-refractivity contribution in [1.82, 2.24) is 5.32 Å². The Bertz CT molecular complexity index is 724. The number of carboxylic acids is 1. The van der Waals surface area contributed by atoms with Crippen molar-refractivity contribution in [2.24, 2.45) is 0 Å². The fourth-order valence-corrected chi connectivity index (χ4v) is 2.55. The summed E-state index contributed by atoms with van der Waals surface area (Å²) in [4.78, 5) is 23.2. The van der Waals surface area contributed by atoms with E-state index in [1.54, 1.807) is 14.2 Å². The van der Waals surface area contributed by atoms with Gasteiger partial charge in [0, 0.05) is 12.7 Å². The highest BCUT2D eigenvalue weighted by atomic mass is 16.5. The Kier molecular flexibility index (Phi) is 6.14. The standard InChI is InChI=1S/C19H21NO5/c1-12(17(25-3)13-8-10-16(24-2)11-9-13)20-18(21)14-4-6-15(7-5-14)19(22)23/h4-12,17H,1-3H3,(H,20,21)(H,22,23). The molecular weight excluding hydrogens is 322 g/mol. The number of nitrogens with one attached hydrogen (secondary N) is 1. The maximum atomic E-state index is 12.4. The van der Waals surface area contributed by atoms with Gasteiger partial charge in [0.2, 0.25) is 0 Å². The summed E-state index contributed by atoms with van der Waals surface area (Å²) in [6, 6.07) is 12.9. The molecule has 2 aromatic carbocycles. The molecule has 0 spiro atoms. The van der Waals surface area contributed by atoms with Gasteiger partial charge in [-0.1, -0.05) is 12.1 Å². The molecule has 0 bridgehead atoms. The molecule has 0 saturated heterocycles. The molecule has 25 heavy (non-hydrogen) atoms. The summed E-state index contributed by atoms with van der Waals surface area (Å²) in [7, 11) is 3.18. The number of aromatic carboxylic acids is 1. The second-order valence-electron chi connectivity index (χ2n) is 5.57. The van der Waals surface area contributed by atoms with E-state index in [-0.39, 0.29) is 23.6 Å². The van der Waals surface area contributed by atoms with Crippen LogP contribution in [0.3, 0.4) is 0 Å². The van der Waals surface area contributed by atoms with E-state index in [1.165, 1.54) is 24.3 Å². The van der Waals surface area contributed by atoms with Crippen molar-refractivity contribution in [3.8, 4) is 5.75 Å². The summed E-state index contributed by atoms with van der Waals surface area (Å²) in [5.74, 6) is -0.576. The number of carbonyl (C=O) groups is 2. The van der Waals surface area contributed by atoms with E-state index in [1.807, 2.05) is 31.2 Å². The lowest BCUT2D eigenvalue weighted by atomic mass is 10.0. The van der Waals surface area contributed by atoms with E-state index in [4.69, 9.17) is 14.6 Å². The average Bonchev–Trinajstić information content (AvgIpc) is 2.63. The molecule has 132 valence electrons. The van der Waals surface area contributed by atoms with Crippen molar-refractivity contribution in [2.75, 3.05) is 14.2 Å². The van der Waals surface area contributed by atoms with Crippen LogP contribution in [0.15, 0.2) is 48.5 Å². The minimum atomic E-state index is -1.03. The third-order valence-corrected chi connectivity index (χ3v) is 3.91. The summed E-state index contributed by atoms with van der Waals surface area (Å²) in [6.45, 7) is 1.85. The molecule has 0 fully saturated rings. The van der Waals surface area contributed by atoms with E-state index in [0.29, 0.717) is 5.56 Å². The summed E-state index contributed by atoms with van der Waals surface area (Å²) in [5.41, 5.74) is 1.44. The second kappa shape index (κ2) is 8.30. The molecule has 2 N–H and O–H groups in total. The van der Waals surface area contributed by atoms with Crippen LogP contribution in [-0.2, 0) is 4.74 Å². The lowest BCUT2D eigenvalue weighted by Gasteiger charge is -2.24. The van der Waals surface area contributed by atoms with Gasteiger partial charge in [-0.15, -0.1) is 0 Å². The highest BCUT2D eigenvalue weighted by molar-refractivity contribution is 5.96. The maximum Gasteiger partial charge on any atom is 0.335 e. The van der Waals surface area contributed by atoms with Crippen LogP contribution in [0.5, 0.6) is 5.75 Å². The van der Waals surface area contributed by atoms with Gasteiger partial charge in [0.1, 0.15) is 11.9 Å². The van der Waals surface area contributed by atoms with Gasteiger partial charge in [-0.05, 0) is 48.9 Å². The lowest BCUT2D eigenvalue weighted by Crippen LogP contribution is -2.37. The molecule has 0 aromatic heterocycles. The van der Waals surface area contributed by atoms with Crippen LogP contribution >= 0.6 is 0 Å². The summed E-state index contributed by atoms with van der Waals surface area (Å²) in [5, 5.41) is 11.8. The predicted molar refractivity (Wildman–Crippen MR) is 93.1 cm³/mol. The van der Waals surface area contributed by atoms with Gasteiger partial charge in [-0.2, -0.15) is 0 Å².